The maximum atomic E-state index is 12.9. The number of hydrogen-bond donors (Lipinski definition) is 0. The van der Waals surface area contributed by atoms with Crippen molar-refractivity contribution in [3.05, 3.63) is 12.4 Å². The zero-order chi connectivity index (χ0) is 10.6. The van der Waals surface area contributed by atoms with Crippen LogP contribution in [0.25, 0.3) is 0 Å². The minimum atomic E-state index is -2.10. The summed E-state index contributed by atoms with van der Waals surface area (Å²) >= 11 is 0. The summed E-state index contributed by atoms with van der Waals surface area (Å²) in [5.74, 6) is -0.843. The van der Waals surface area contributed by atoms with Crippen LogP contribution in [0.3, 0.4) is 0 Å². The summed E-state index contributed by atoms with van der Waals surface area (Å²) in [5, 5.41) is 3.75. The number of halogens is 1. The zero-order valence-corrected chi connectivity index (χ0v) is 7.94. The van der Waals surface area contributed by atoms with Gasteiger partial charge >= 0.3 is 12.3 Å². The maximum Gasteiger partial charge on any atom is 0.381 e. The van der Waals surface area contributed by atoms with Gasteiger partial charge in [-0.3, -0.25) is 4.68 Å². The van der Waals surface area contributed by atoms with Gasteiger partial charge in [0.25, 0.3) is 0 Å². The molecule has 0 radical (unpaired) electrons. The van der Waals surface area contributed by atoms with E-state index in [2.05, 4.69) is 14.6 Å². The number of alkyl halides is 1. The Kier molecular flexibility index (Phi) is 3.44. The fourth-order valence-electron chi connectivity index (χ4n) is 0.835. The Balaban J connectivity index is 2.48. The molecule has 0 saturated carbocycles. The van der Waals surface area contributed by atoms with Crippen molar-refractivity contribution < 1.29 is 18.7 Å². The number of rotatable bonds is 4. The van der Waals surface area contributed by atoms with Crippen LogP contribution in [0.1, 0.15) is 6.92 Å². The molecule has 0 N–H and O–H groups in total. The highest BCUT2D eigenvalue weighted by Gasteiger charge is 2.20. The van der Waals surface area contributed by atoms with E-state index in [0.29, 0.717) is 0 Å². The van der Waals surface area contributed by atoms with Crippen molar-refractivity contribution in [2.24, 2.45) is 7.05 Å². The normalized spacial score (nSPS) is 12.2. The van der Waals surface area contributed by atoms with Crippen LogP contribution in [0.5, 0.6) is 5.75 Å². The van der Waals surface area contributed by atoms with Crippen molar-refractivity contribution >= 4 is 5.97 Å². The van der Waals surface area contributed by atoms with E-state index in [1.165, 1.54) is 17.1 Å². The minimum Gasteiger partial charge on any atom is -0.461 e. The largest absolute Gasteiger partial charge is 0.461 e. The topological polar surface area (TPSA) is 53.4 Å². The van der Waals surface area contributed by atoms with Gasteiger partial charge in [0.15, 0.2) is 5.75 Å². The monoisotopic (exact) mass is 202 g/mol. The third-order valence-electron chi connectivity index (χ3n) is 1.39. The molecule has 0 aromatic carbocycles. The van der Waals surface area contributed by atoms with Crippen molar-refractivity contribution in [3.8, 4) is 5.75 Å². The SMILES string of the molecule is CCOC(=O)C(F)Oc1cnn(C)c1. The van der Waals surface area contributed by atoms with Crippen LogP contribution >= 0.6 is 0 Å². The third kappa shape index (κ3) is 2.72. The van der Waals surface area contributed by atoms with Gasteiger partial charge < -0.3 is 9.47 Å². The molecule has 0 aliphatic carbocycles. The smallest absolute Gasteiger partial charge is 0.381 e. The highest BCUT2D eigenvalue weighted by Crippen LogP contribution is 2.11. The van der Waals surface area contributed by atoms with E-state index in [4.69, 9.17) is 0 Å². The molecule has 0 spiro atoms. The molecular formula is C8H11FN2O3. The van der Waals surface area contributed by atoms with Crippen molar-refractivity contribution in [3.63, 3.8) is 0 Å². The van der Waals surface area contributed by atoms with Gasteiger partial charge in [-0.15, -0.1) is 0 Å². The van der Waals surface area contributed by atoms with Crippen molar-refractivity contribution in [1.29, 1.82) is 0 Å². The number of aromatic nitrogens is 2. The van der Waals surface area contributed by atoms with Gasteiger partial charge in [0.05, 0.1) is 19.0 Å². The summed E-state index contributed by atoms with van der Waals surface area (Å²) in [4.78, 5) is 10.8. The van der Waals surface area contributed by atoms with Crippen molar-refractivity contribution in [1.82, 2.24) is 9.78 Å². The van der Waals surface area contributed by atoms with Gasteiger partial charge in [-0.2, -0.15) is 9.49 Å². The van der Waals surface area contributed by atoms with Crippen LogP contribution in [0.4, 0.5) is 4.39 Å². The Bertz CT molecular complexity index is 313. The average molecular weight is 202 g/mol. The van der Waals surface area contributed by atoms with Crippen LogP contribution in [-0.2, 0) is 16.6 Å². The summed E-state index contributed by atoms with van der Waals surface area (Å²) < 4.78 is 23.4. The predicted molar refractivity (Wildman–Crippen MR) is 45.4 cm³/mol. The molecule has 1 aromatic heterocycles. The molecule has 0 aliphatic heterocycles. The summed E-state index contributed by atoms with van der Waals surface area (Å²) in [6.07, 6.45) is 0.664. The summed E-state index contributed by atoms with van der Waals surface area (Å²) in [7, 11) is 1.66. The molecule has 0 bridgehead atoms. The van der Waals surface area contributed by atoms with Crippen LogP contribution < -0.4 is 4.74 Å². The maximum absolute atomic E-state index is 12.9. The van der Waals surface area contributed by atoms with Gasteiger partial charge in [0.1, 0.15) is 0 Å². The van der Waals surface area contributed by atoms with Crippen LogP contribution in [-0.4, -0.2) is 28.7 Å². The lowest BCUT2D eigenvalue weighted by molar-refractivity contribution is -0.159. The number of nitrogens with zero attached hydrogens (tertiary/aromatic N) is 2. The number of carbonyl (C=O) groups is 1. The number of hydrogen-bond acceptors (Lipinski definition) is 4. The van der Waals surface area contributed by atoms with E-state index in [9.17, 15) is 9.18 Å². The summed E-state index contributed by atoms with van der Waals surface area (Å²) in [6.45, 7) is 1.71. The highest BCUT2D eigenvalue weighted by atomic mass is 19.1. The third-order valence-corrected chi connectivity index (χ3v) is 1.39. The van der Waals surface area contributed by atoms with E-state index in [1.807, 2.05) is 0 Å². The van der Waals surface area contributed by atoms with E-state index in [1.54, 1.807) is 14.0 Å². The van der Waals surface area contributed by atoms with Gasteiger partial charge in [0, 0.05) is 7.05 Å². The van der Waals surface area contributed by atoms with E-state index in [0.717, 1.165) is 0 Å². The molecule has 0 saturated heterocycles. The molecule has 1 aromatic rings. The summed E-state index contributed by atoms with van der Waals surface area (Å²) in [5.41, 5.74) is 0. The lowest BCUT2D eigenvalue weighted by Gasteiger charge is -2.07. The number of aryl methyl sites for hydroxylation is 1. The number of carbonyl (C=O) groups excluding carboxylic acids is 1. The van der Waals surface area contributed by atoms with Crippen LogP contribution in [0.2, 0.25) is 0 Å². The molecule has 1 unspecified atom stereocenters. The fraction of sp³-hybridized carbons (Fsp3) is 0.500. The van der Waals surface area contributed by atoms with Gasteiger partial charge in [0.2, 0.25) is 0 Å². The minimum absolute atomic E-state index is 0.121. The number of ether oxygens (including phenoxy) is 2. The number of esters is 1. The standard InChI is InChI=1S/C8H11FN2O3/c1-3-13-8(12)7(9)14-6-4-10-11(2)5-6/h4-5,7H,3H2,1-2H3. The Hall–Kier alpha value is -1.59. The molecule has 1 atom stereocenters. The molecule has 78 valence electrons. The average Bonchev–Trinajstić information content (AvgIpc) is 2.51. The first-order valence-corrected chi connectivity index (χ1v) is 4.09. The lowest BCUT2D eigenvalue weighted by Crippen LogP contribution is -2.24. The van der Waals surface area contributed by atoms with Crippen molar-refractivity contribution in [2.75, 3.05) is 6.61 Å². The Morgan fingerprint density at radius 1 is 1.79 bits per heavy atom. The molecule has 0 fully saturated rings. The Morgan fingerprint density at radius 2 is 2.50 bits per heavy atom. The molecule has 14 heavy (non-hydrogen) atoms. The first kappa shape index (κ1) is 10.5. The molecule has 1 heterocycles. The molecule has 6 heteroatoms. The highest BCUT2D eigenvalue weighted by molar-refractivity contribution is 5.73. The second-order valence-corrected chi connectivity index (χ2v) is 2.54. The van der Waals surface area contributed by atoms with E-state index in [-0.39, 0.29) is 12.4 Å². The van der Waals surface area contributed by atoms with Gasteiger partial charge in [-0.05, 0) is 6.92 Å². The lowest BCUT2D eigenvalue weighted by atomic mass is 10.6. The van der Waals surface area contributed by atoms with Gasteiger partial charge in [-0.25, -0.2) is 4.79 Å². The van der Waals surface area contributed by atoms with Crippen LogP contribution in [0.15, 0.2) is 12.4 Å². The Labute approximate surface area is 80.4 Å². The first-order chi connectivity index (χ1) is 6.63. The molecule has 1 rings (SSSR count). The van der Waals surface area contributed by atoms with E-state index >= 15 is 0 Å². The zero-order valence-electron chi connectivity index (χ0n) is 7.94. The van der Waals surface area contributed by atoms with E-state index < -0.39 is 12.3 Å². The first-order valence-electron chi connectivity index (χ1n) is 4.09. The molecule has 0 aliphatic rings. The van der Waals surface area contributed by atoms with Crippen molar-refractivity contribution in [2.45, 2.75) is 13.3 Å². The summed E-state index contributed by atoms with van der Waals surface area (Å²) in [6, 6.07) is 0. The molecule has 5 nitrogen and oxygen atoms in total. The second kappa shape index (κ2) is 4.59. The second-order valence-electron chi connectivity index (χ2n) is 2.54. The van der Waals surface area contributed by atoms with Crippen LogP contribution in [0, 0.1) is 0 Å². The molecule has 0 amide bonds. The predicted octanol–water partition coefficient (Wildman–Crippen LogP) is 0.658. The fourth-order valence-corrected chi connectivity index (χ4v) is 0.835. The van der Waals surface area contributed by atoms with Gasteiger partial charge in [-0.1, -0.05) is 0 Å². The quantitative estimate of drug-likeness (QED) is 0.673. The molecular weight excluding hydrogens is 191 g/mol. The Morgan fingerprint density at radius 3 is 3.00 bits per heavy atom.